The Morgan fingerprint density at radius 3 is 1.81 bits per heavy atom. The van der Waals surface area contributed by atoms with E-state index >= 15 is 0 Å². The van der Waals surface area contributed by atoms with E-state index in [0.29, 0.717) is 11.4 Å². The van der Waals surface area contributed by atoms with Gasteiger partial charge in [0.2, 0.25) is 0 Å². The number of hydrogen-bond donors (Lipinski definition) is 3. The molecule has 2 aromatic rings. The van der Waals surface area contributed by atoms with Crippen LogP contribution >= 0.6 is 0 Å². The summed E-state index contributed by atoms with van der Waals surface area (Å²) in [5.41, 5.74) is 15.6. The molecule has 0 unspecified atom stereocenters. The molecule has 0 aliphatic rings. The summed E-state index contributed by atoms with van der Waals surface area (Å²) >= 11 is 0. The van der Waals surface area contributed by atoms with Crippen LogP contribution in [-0.2, 0) is 14.5 Å². The fourth-order valence-corrected chi connectivity index (χ4v) is 2.24. The minimum absolute atomic E-state index is 0.569. The van der Waals surface area contributed by atoms with Gasteiger partial charge in [0.05, 0.1) is 27.0 Å². The summed E-state index contributed by atoms with van der Waals surface area (Å²) in [4.78, 5) is 15.3. The van der Waals surface area contributed by atoms with Crippen LogP contribution in [0.25, 0.3) is 11.4 Å². The first-order valence-electron chi connectivity index (χ1n) is 7.99. The quantitative estimate of drug-likeness (QED) is 0.366. The predicted octanol–water partition coefficient (Wildman–Crippen LogP) is 3.00. The van der Waals surface area contributed by atoms with Gasteiger partial charge in [0, 0.05) is 5.56 Å². The molecule has 0 aliphatic carbocycles. The number of nitrogens with one attached hydrogen (secondary N) is 3. The number of rotatable bonds is 9. The van der Waals surface area contributed by atoms with Crippen molar-refractivity contribution in [2.24, 2.45) is 0 Å². The van der Waals surface area contributed by atoms with E-state index in [1.165, 1.54) is 7.11 Å². The van der Waals surface area contributed by atoms with Crippen LogP contribution in [0.3, 0.4) is 0 Å². The number of hydroxylamine groups is 3. The molecule has 2 rings (SSSR count). The van der Waals surface area contributed by atoms with Gasteiger partial charge in [-0.2, -0.15) is 0 Å². The van der Waals surface area contributed by atoms with Crippen LogP contribution in [0.4, 0.5) is 0 Å². The Morgan fingerprint density at radius 1 is 0.731 bits per heavy atom. The molecule has 136 valence electrons. The molecule has 0 saturated carbocycles. The van der Waals surface area contributed by atoms with E-state index in [1.807, 2.05) is 66.7 Å². The first-order chi connectivity index (χ1) is 12.8. The van der Waals surface area contributed by atoms with Crippen LogP contribution < -0.4 is 16.4 Å². The minimum Gasteiger partial charge on any atom is -0.279 e. The monoisotopic (exact) mass is 353 g/mol. The van der Waals surface area contributed by atoms with Crippen LogP contribution in [0.5, 0.6) is 0 Å². The summed E-state index contributed by atoms with van der Waals surface area (Å²) in [5, 5.41) is 0. The van der Waals surface area contributed by atoms with E-state index in [-0.39, 0.29) is 0 Å². The zero-order chi connectivity index (χ0) is 18.6. The average molecular weight is 353 g/mol. The van der Waals surface area contributed by atoms with Crippen molar-refractivity contribution in [3.63, 3.8) is 0 Å². The highest BCUT2D eigenvalue weighted by Gasteiger charge is 2.04. The smallest absolute Gasteiger partial charge is 0.112 e. The molecule has 0 amide bonds. The Hall–Kier alpha value is -3.02. The maximum atomic E-state index is 5.10. The van der Waals surface area contributed by atoms with E-state index in [2.05, 4.69) is 22.2 Å². The van der Waals surface area contributed by atoms with Crippen LogP contribution in [0.2, 0.25) is 0 Å². The molecule has 0 bridgehead atoms. The van der Waals surface area contributed by atoms with Crippen molar-refractivity contribution in [3.05, 3.63) is 89.3 Å². The zero-order valence-corrected chi connectivity index (χ0v) is 15.1. The maximum absolute atomic E-state index is 5.10. The first kappa shape index (κ1) is 19.3. The second-order valence-corrected chi connectivity index (χ2v) is 5.12. The molecule has 0 saturated heterocycles. The summed E-state index contributed by atoms with van der Waals surface area (Å²) in [5.74, 6) is 0. The van der Waals surface area contributed by atoms with Crippen LogP contribution in [0, 0.1) is 0 Å². The molecule has 0 heterocycles. The molecule has 0 radical (unpaired) electrons. The van der Waals surface area contributed by atoms with E-state index in [1.54, 1.807) is 14.2 Å². The molecule has 3 N–H and O–H groups in total. The van der Waals surface area contributed by atoms with Crippen molar-refractivity contribution in [1.82, 2.24) is 16.4 Å². The first-order valence-corrected chi connectivity index (χ1v) is 7.99. The highest BCUT2D eigenvalue weighted by molar-refractivity contribution is 5.68. The average Bonchev–Trinajstić information content (AvgIpc) is 2.69. The van der Waals surface area contributed by atoms with Gasteiger partial charge in [-0.05, 0) is 11.6 Å². The molecule has 0 fully saturated rings. The van der Waals surface area contributed by atoms with Gasteiger partial charge in [-0.1, -0.05) is 66.4 Å². The molecular weight excluding hydrogens is 330 g/mol. The molecular formula is C20H23N3O3. The summed E-state index contributed by atoms with van der Waals surface area (Å²) in [6.07, 6.45) is 1.82. The summed E-state index contributed by atoms with van der Waals surface area (Å²) in [6.45, 7) is 0. The lowest BCUT2D eigenvalue weighted by atomic mass is 10.1. The number of allylic oxidation sites excluding steroid dienone is 1. The fourth-order valence-electron chi connectivity index (χ4n) is 2.24. The Morgan fingerprint density at radius 2 is 1.27 bits per heavy atom. The van der Waals surface area contributed by atoms with Crippen molar-refractivity contribution in [3.8, 4) is 0 Å². The molecule has 6 heteroatoms. The van der Waals surface area contributed by atoms with Gasteiger partial charge < -0.3 is 0 Å². The van der Waals surface area contributed by atoms with Gasteiger partial charge in [0.1, 0.15) is 11.4 Å². The highest BCUT2D eigenvalue weighted by atomic mass is 16.6. The van der Waals surface area contributed by atoms with Crippen molar-refractivity contribution in [2.45, 2.75) is 0 Å². The molecule has 0 aromatic heterocycles. The van der Waals surface area contributed by atoms with Crippen molar-refractivity contribution < 1.29 is 14.5 Å². The summed E-state index contributed by atoms with van der Waals surface area (Å²) < 4.78 is 0. The normalized spacial score (nSPS) is 10.7. The maximum Gasteiger partial charge on any atom is 0.112 e. The van der Waals surface area contributed by atoms with E-state index in [4.69, 9.17) is 14.5 Å². The van der Waals surface area contributed by atoms with Gasteiger partial charge in [0.15, 0.2) is 0 Å². The van der Waals surface area contributed by atoms with Gasteiger partial charge in [-0.25, -0.2) is 0 Å². The van der Waals surface area contributed by atoms with Gasteiger partial charge in [-0.15, -0.1) is 0 Å². The van der Waals surface area contributed by atoms with Crippen LogP contribution in [0.1, 0.15) is 11.1 Å². The Bertz CT molecular complexity index is 767. The number of benzene rings is 2. The molecule has 0 spiro atoms. The largest absolute Gasteiger partial charge is 0.279 e. The zero-order valence-electron chi connectivity index (χ0n) is 15.1. The van der Waals surface area contributed by atoms with E-state index < -0.39 is 0 Å². The van der Waals surface area contributed by atoms with Crippen LogP contribution in [0.15, 0.2) is 78.2 Å². The lowest BCUT2D eigenvalue weighted by molar-refractivity contribution is 0.120. The predicted molar refractivity (Wildman–Crippen MR) is 102 cm³/mol. The fraction of sp³-hybridized carbons (Fsp3) is 0.150. The molecule has 0 atom stereocenters. The third-order valence-corrected chi connectivity index (χ3v) is 3.32. The standard InChI is InChI=1S/C20H23N3O3/c1-24-21-18(14-19(22-25-2)16-10-6-4-7-11-16)15-20(23-26-3)17-12-8-5-9-13-17/h4-14,21-23H,1-3H3. The second kappa shape index (κ2) is 10.8. The summed E-state index contributed by atoms with van der Waals surface area (Å²) in [6, 6.07) is 19.5. The number of hydrogen-bond acceptors (Lipinski definition) is 6. The Kier molecular flexibility index (Phi) is 7.99. The van der Waals surface area contributed by atoms with E-state index in [0.717, 1.165) is 16.8 Å². The lowest BCUT2D eigenvalue weighted by Crippen LogP contribution is -2.15. The van der Waals surface area contributed by atoms with Gasteiger partial charge in [0.25, 0.3) is 0 Å². The third kappa shape index (κ3) is 5.81. The van der Waals surface area contributed by atoms with Crippen molar-refractivity contribution in [1.29, 1.82) is 0 Å². The topological polar surface area (TPSA) is 63.8 Å². The van der Waals surface area contributed by atoms with Gasteiger partial charge in [-0.3, -0.25) is 31.0 Å². The SMILES string of the molecule is CONC(=C=C(NOC)c1ccccc1)C=C(NOC)c1ccccc1. The Balaban J connectivity index is 2.54. The summed E-state index contributed by atoms with van der Waals surface area (Å²) in [7, 11) is 4.64. The Labute approximate surface area is 153 Å². The van der Waals surface area contributed by atoms with Crippen molar-refractivity contribution >= 4 is 11.4 Å². The molecule has 26 heavy (non-hydrogen) atoms. The van der Waals surface area contributed by atoms with Gasteiger partial charge >= 0.3 is 0 Å². The second-order valence-electron chi connectivity index (χ2n) is 5.12. The molecule has 0 aliphatic heterocycles. The minimum atomic E-state index is 0.569. The highest BCUT2D eigenvalue weighted by Crippen LogP contribution is 2.15. The van der Waals surface area contributed by atoms with Crippen molar-refractivity contribution in [2.75, 3.05) is 21.3 Å². The van der Waals surface area contributed by atoms with E-state index in [9.17, 15) is 0 Å². The van der Waals surface area contributed by atoms with Crippen LogP contribution in [-0.4, -0.2) is 21.3 Å². The third-order valence-electron chi connectivity index (χ3n) is 3.32. The molecule has 6 nitrogen and oxygen atoms in total. The molecule has 2 aromatic carbocycles. The lowest BCUT2D eigenvalue weighted by Gasteiger charge is -2.11.